The molecule has 0 fully saturated rings. The third kappa shape index (κ3) is 21.5. The van der Waals surface area contributed by atoms with Gasteiger partial charge < -0.3 is 46.1 Å². The molecule has 0 bridgehead atoms. The van der Waals surface area contributed by atoms with E-state index < -0.39 is 90.1 Å². The van der Waals surface area contributed by atoms with E-state index in [1.165, 1.54) is 6.92 Å². The lowest BCUT2D eigenvalue weighted by molar-refractivity contribution is -0.142. The van der Waals surface area contributed by atoms with Gasteiger partial charge in [0.2, 0.25) is 34.7 Å². The third-order valence-electron chi connectivity index (χ3n) is 9.08. The van der Waals surface area contributed by atoms with Crippen molar-refractivity contribution >= 4 is 58.5 Å². The number of hydrogen-bond donors (Lipinski definition) is 6. The van der Waals surface area contributed by atoms with Crippen LogP contribution in [0.4, 0.5) is 4.79 Å². The second kappa shape index (κ2) is 26.5. The molecule has 0 radical (unpaired) electrons. The number of amides is 6. The normalized spacial score (nSPS) is 13.0. The van der Waals surface area contributed by atoms with Gasteiger partial charge in [0.05, 0.1) is 32.2 Å². The molecule has 6 amide bonds. The minimum absolute atomic E-state index is 0.0107. The van der Waals surface area contributed by atoms with E-state index >= 15 is 0 Å². The molecular weight excluding hydrogens is 869 g/mol. The van der Waals surface area contributed by atoms with Gasteiger partial charge in [-0.1, -0.05) is 84.6 Å². The summed E-state index contributed by atoms with van der Waals surface area (Å²) in [5.41, 5.74) is 0.798. The molecule has 0 saturated carbocycles. The second-order valence-electron chi connectivity index (χ2n) is 17.3. The standard InChI is InChI=1S/C48H64N6O11S/c1-9-63-41(57)24-25-66-45(61)31(2)51-43(59)37(26-32-16-12-10-13-17-32)52-40(56)30-49-39(55)29-50-42(58)36(28-34-20-22-35(23-21-34)64-47(3,4)5)53-44(60)38(27-33-18-14-11-15-19-33)54-46(62)65-48(6,7)8/h10-23,31,36-38H,9,24-30H2,1-8H3,(H,49,55)(H,50,58)(H,51,59)(H,52,56)(H,53,60)(H,54,62)/t31-,36-,37-,38-/m0/s1. The van der Waals surface area contributed by atoms with Crippen LogP contribution in [0.5, 0.6) is 5.75 Å². The average Bonchev–Trinajstić information content (AvgIpc) is 3.24. The van der Waals surface area contributed by atoms with Crippen molar-refractivity contribution in [1.29, 1.82) is 0 Å². The number of hydrogen-bond acceptors (Lipinski definition) is 12. The Bertz CT molecular complexity index is 2090. The Morgan fingerprint density at radius 3 is 1.61 bits per heavy atom. The number of alkyl carbamates (subject to hydrolysis) is 1. The van der Waals surface area contributed by atoms with Crippen molar-refractivity contribution < 1.29 is 52.6 Å². The van der Waals surface area contributed by atoms with Crippen LogP contribution in [0.2, 0.25) is 0 Å². The summed E-state index contributed by atoms with van der Waals surface area (Å²) in [5.74, 6) is -3.20. The Kier molecular flexibility index (Phi) is 21.7. The monoisotopic (exact) mass is 932 g/mol. The van der Waals surface area contributed by atoms with Crippen LogP contribution >= 0.6 is 11.8 Å². The fourth-order valence-corrected chi connectivity index (χ4v) is 6.85. The largest absolute Gasteiger partial charge is 0.488 e. The van der Waals surface area contributed by atoms with Gasteiger partial charge in [0, 0.05) is 25.0 Å². The van der Waals surface area contributed by atoms with Crippen molar-refractivity contribution in [2.75, 3.05) is 25.4 Å². The molecule has 3 aromatic rings. The zero-order valence-corrected chi connectivity index (χ0v) is 39.8. The predicted octanol–water partition coefficient (Wildman–Crippen LogP) is 3.70. The summed E-state index contributed by atoms with van der Waals surface area (Å²) in [6, 6.07) is 20.4. The van der Waals surface area contributed by atoms with Crippen LogP contribution in [0.3, 0.4) is 0 Å². The molecule has 3 aromatic carbocycles. The maximum absolute atomic E-state index is 13.9. The zero-order valence-electron chi connectivity index (χ0n) is 38.9. The molecule has 0 aliphatic carbocycles. The van der Waals surface area contributed by atoms with Gasteiger partial charge in [-0.25, -0.2) is 4.79 Å². The van der Waals surface area contributed by atoms with Gasteiger partial charge in [-0.3, -0.25) is 33.6 Å². The van der Waals surface area contributed by atoms with Crippen molar-refractivity contribution in [2.45, 2.75) is 116 Å². The van der Waals surface area contributed by atoms with Crippen LogP contribution in [-0.4, -0.2) is 108 Å². The number of thioether (sulfide) groups is 1. The molecule has 0 unspecified atom stereocenters. The summed E-state index contributed by atoms with van der Waals surface area (Å²) in [5, 5.41) is 15.2. The molecule has 18 heteroatoms. The predicted molar refractivity (Wildman–Crippen MR) is 250 cm³/mol. The minimum atomic E-state index is -1.23. The summed E-state index contributed by atoms with van der Waals surface area (Å²) in [6.07, 6.45) is -0.671. The topological polar surface area (TPSA) is 236 Å². The van der Waals surface area contributed by atoms with E-state index in [2.05, 4.69) is 31.9 Å². The van der Waals surface area contributed by atoms with Crippen LogP contribution in [-0.2, 0) is 62.3 Å². The number of carbonyl (C=O) groups is 8. The molecule has 17 nitrogen and oxygen atoms in total. The summed E-state index contributed by atoms with van der Waals surface area (Å²) < 4.78 is 16.2. The number of benzene rings is 3. The first-order valence-corrected chi connectivity index (χ1v) is 22.7. The SMILES string of the molecule is CCOC(=O)CCSC(=O)[C@H](C)NC(=O)[C@H](Cc1ccccc1)NC(=O)CNC(=O)CNC(=O)[C@H](Cc1ccc(OC(C)(C)C)cc1)NC(=O)[C@H](Cc1ccccc1)NC(=O)OC(C)(C)C. The van der Waals surface area contributed by atoms with Crippen molar-refractivity contribution in [1.82, 2.24) is 31.9 Å². The Hall–Kier alpha value is -6.43. The first kappa shape index (κ1) is 53.9. The molecule has 4 atom stereocenters. The zero-order chi connectivity index (χ0) is 48.9. The number of ether oxygens (including phenoxy) is 3. The number of carbonyl (C=O) groups excluding carboxylic acids is 8. The molecule has 0 saturated heterocycles. The Morgan fingerprint density at radius 1 is 0.576 bits per heavy atom. The van der Waals surface area contributed by atoms with E-state index in [0.29, 0.717) is 11.3 Å². The maximum atomic E-state index is 13.9. The molecule has 0 aliphatic rings. The van der Waals surface area contributed by atoms with Crippen LogP contribution < -0.4 is 36.6 Å². The van der Waals surface area contributed by atoms with Crippen molar-refractivity contribution in [3.05, 3.63) is 102 Å². The van der Waals surface area contributed by atoms with Crippen LogP contribution in [0.1, 0.15) is 78.5 Å². The molecule has 0 heterocycles. The number of rotatable bonds is 23. The van der Waals surface area contributed by atoms with Gasteiger partial charge in [0.15, 0.2) is 0 Å². The van der Waals surface area contributed by atoms with Gasteiger partial charge in [-0.2, -0.15) is 0 Å². The summed E-state index contributed by atoms with van der Waals surface area (Å²) >= 11 is 0.875. The highest BCUT2D eigenvalue weighted by molar-refractivity contribution is 8.13. The van der Waals surface area contributed by atoms with E-state index in [1.54, 1.807) is 107 Å². The lowest BCUT2D eigenvalue weighted by Gasteiger charge is -2.25. The minimum Gasteiger partial charge on any atom is -0.488 e. The average molecular weight is 933 g/mol. The fraction of sp³-hybridized carbons (Fsp3) is 0.458. The van der Waals surface area contributed by atoms with E-state index in [9.17, 15) is 38.4 Å². The van der Waals surface area contributed by atoms with Crippen molar-refractivity contribution in [3.8, 4) is 5.75 Å². The summed E-state index contributed by atoms with van der Waals surface area (Å²) in [6.45, 7) is 13.0. The van der Waals surface area contributed by atoms with Crippen LogP contribution in [0.15, 0.2) is 84.9 Å². The molecule has 0 aromatic heterocycles. The third-order valence-corrected chi connectivity index (χ3v) is 10.1. The summed E-state index contributed by atoms with van der Waals surface area (Å²) in [4.78, 5) is 105. The van der Waals surface area contributed by atoms with Gasteiger partial charge in [-0.05, 0) is 84.2 Å². The summed E-state index contributed by atoms with van der Waals surface area (Å²) in [7, 11) is 0. The van der Waals surface area contributed by atoms with E-state index in [0.717, 1.165) is 22.9 Å². The van der Waals surface area contributed by atoms with Crippen molar-refractivity contribution in [3.63, 3.8) is 0 Å². The second-order valence-corrected chi connectivity index (χ2v) is 18.4. The number of nitrogens with one attached hydrogen (secondary N) is 6. The van der Waals surface area contributed by atoms with Gasteiger partial charge >= 0.3 is 12.1 Å². The highest BCUT2D eigenvalue weighted by atomic mass is 32.2. The first-order valence-electron chi connectivity index (χ1n) is 21.7. The molecule has 358 valence electrons. The van der Waals surface area contributed by atoms with E-state index in [-0.39, 0.29) is 43.2 Å². The lowest BCUT2D eigenvalue weighted by atomic mass is 10.0. The van der Waals surface area contributed by atoms with Crippen molar-refractivity contribution in [2.24, 2.45) is 0 Å². The van der Waals surface area contributed by atoms with Crippen LogP contribution in [0.25, 0.3) is 0 Å². The fourth-order valence-electron chi connectivity index (χ4n) is 6.08. The molecule has 66 heavy (non-hydrogen) atoms. The van der Waals surface area contributed by atoms with Gasteiger partial charge in [0.1, 0.15) is 35.1 Å². The smallest absolute Gasteiger partial charge is 0.408 e. The van der Waals surface area contributed by atoms with E-state index in [4.69, 9.17) is 14.2 Å². The van der Waals surface area contributed by atoms with Gasteiger partial charge in [0.25, 0.3) is 0 Å². The number of esters is 1. The Labute approximate surface area is 391 Å². The lowest BCUT2D eigenvalue weighted by Crippen LogP contribution is -2.56. The maximum Gasteiger partial charge on any atom is 0.408 e. The van der Waals surface area contributed by atoms with Gasteiger partial charge in [-0.15, -0.1) is 0 Å². The van der Waals surface area contributed by atoms with E-state index in [1.807, 2.05) is 26.8 Å². The Balaban J connectivity index is 1.70. The molecule has 3 rings (SSSR count). The highest BCUT2D eigenvalue weighted by Crippen LogP contribution is 2.20. The molecule has 6 N–H and O–H groups in total. The first-order chi connectivity index (χ1) is 31.1. The Morgan fingerprint density at radius 2 is 1.08 bits per heavy atom. The molecular formula is C48H64N6O11S. The van der Waals surface area contributed by atoms with Crippen LogP contribution in [0, 0.1) is 0 Å². The molecule has 0 aliphatic heterocycles. The quantitative estimate of drug-likeness (QED) is 0.0748. The highest BCUT2D eigenvalue weighted by Gasteiger charge is 2.30. The molecule has 0 spiro atoms.